The van der Waals surface area contributed by atoms with Gasteiger partial charge in [-0.05, 0) is 31.0 Å². The van der Waals surface area contributed by atoms with Gasteiger partial charge in [0.1, 0.15) is 5.37 Å². The maximum absolute atomic E-state index is 12.0. The lowest BCUT2D eigenvalue weighted by atomic mass is 10.1. The summed E-state index contributed by atoms with van der Waals surface area (Å²) in [5.41, 5.74) is 7.94. The Labute approximate surface area is 139 Å². The molecule has 2 unspecified atom stereocenters. The fraction of sp³-hybridized carbons (Fsp3) is 0.571. The number of hydrogen-bond acceptors (Lipinski definition) is 5. The fourth-order valence-corrected chi connectivity index (χ4v) is 5.83. The van der Waals surface area contributed by atoms with Crippen LogP contribution >= 0.6 is 27.7 Å². The van der Waals surface area contributed by atoms with Crippen molar-refractivity contribution < 1.29 is 8.42 Å². The molecule has 1 fully saturated rings. The number of anilines is 1. The standard InChI is InChI=1S/C14H21BrN2O2S2/c1-10(16)7-11-3-4-12(8-13(11)15)17-5-6-20-9-14(17)21(2,18)19/h3-4,8,10,14H,5-7,9,16H2,1-2H3. The van der Waals surface area contributed by atoms with Crippen molar-refractivity contribution in [2.75, 3.05) is 29.2 Å². The first-order valence-electron chi connectivity index (χ1n) is 6.86. The summed E-state index contributed by atoms with van der Waals surface area (Å²) >= 11 is 5.27. The van der Waals surface area contributed by atoms with Gasteiger partial charge in [-0.1, -0.05) is 22.0 Å². The normalized spacial score (nSPS) is 21.3. The van der Waals surface area contributed by atoms with Gasteiger partial charge < -0.3 is 10.6 Å². The molecule has 1 aliphatic rings. The van der Waals surface area contributed by atoms with Gasteiger partial charge in [-0.2, -0.15) is 11.8 Å². The fourth-order valence-electron chi connectivity index (χ4n) is 2.46. The molecule has 2 rings (SSSR count). The molecule has 2 atom stereocenters. The average Bonchev–Trinajstić information content (AvgIpc) is 2.40. The third-order valence-electron chi connectivity index (χ3n) is 3.49. The Morgan fingerprint density at radius 1 is 1.52 bits per heavy atom. The number of rotatable bonds is 4. The number of benzene rings is 1. The number of nitrogens with zero attached hydrogens (tertiary/aromatic N) is 1. The van der Waals surface area contributed by atoms with Crippen LogP contribution in [0.1, 0.15) is 12.5 Å². The zero-order valence-corrected chi connectivity index (χ0v) is 15.5. The van der Waals surface area contributed by atoms with E-state index in [9.17, 15) is 8.42 Å². The molecular formula is C14H21BrN2O2S2. The molecule has 4 nitrogen and oxygen atoms in total. The third-order valence-corrected chi connectivity index (χ3v) is 6.87. The topological polar surface area (TPSA) is 63.4 Å². The van der Waals surface area contributed by atoms with Gasteiger partial charge in [0.2, 0.25) is 0 Å². The van der Waals surface area contributed by atoms with Crippen molar-refractivity contribution >= 4 is 43.2 Å². The second-order valence-electron chi connectivity index (χ2n) is 5.51. The molecule has 1 heterocycles. The van der Waals surface area contributed by atoms with E-state index in [1.165, 1.54) is 6.26 Å². The monoisotopic (exact) mass is 392 g/mol. The average molecular weight is 393 g/mol. The van der Waals surface area contributed by atoms with Gasteiger partial charge in [0, 0.05) is 40.5 Å². The van der Waals surface area contributed by atoms with Gasteiger partial charge in [-0.3, -0.25) is 0 Å². The van der Waals surface area contributed by atoms with Crippen LogP contribution in [0.15, 0.2) is 22.7 Å². The second kappa shape index (κ2) is 6.89. The Balaban J connectivity index is 2.29. The summed E-state index contributed by atoms with van der Waals surface area (Å²) in [7, 11) is -3.10. The van der Waals surface area contributed by atoms with Gasteiger partial charge >= 0.3 is 0 Å². The Hall–Kier alpha value is -0.240. The number of hydrogen-bond donors (Lipinski definition) is 1. The van der Waals surface area contributed by atoms with E-state index in [1.54, 1.807) is 11.8 Å². The highest BCUT2D eigenvalue weighted by Crippen LogP contribution is 2.30. The highest BCUT2D eigenvalue weighted by molar-refractivity contribution is 9.10. The van der Waals surface area contributed by atoms with Gasteiger partial charge in [0.25, 0.3) is 0 Å². The molecule has 1 aliphatic heterocycles. The minimum absolute atomic E-state index is 0.0994. The van der Waals surface area contributed by atoms with Crippen molar-refractivity contribution in [1.29, 1.82) is 0 Å². The summed E-state index contributed by atoms with van der Waals surface area (Å²) in [4.78, 5) is 1.99. The van der Waals surface area contributed by atoms with E-state index in [0.717, 1.165) is 34.4 Å². The molecular weight excluding hydrogens is 372 g/mol. The Kier molecular flexibility index (Phi) is 5.62. The van der Waals surface area contributed by atoms with E-state index < -0.39 is 15.2 Å². The highest BCUT2D eigenvalue weighted by atomic mass is 79.9. The molecule has 1 aromatic carbocycles. The van der Waals surface area contributed by atoms with E-state index >= 15 is 0 Å². The maximum Gasteiger partial charge on any atom is 0.169 e. The van der Waals surface area contributed by atoms with Gasteiger partial charge in [-0.15, -0.1) is 0 Å². The predicted octanol–water partition coefficient (Wildman–Crippen LogP) is 2.26. The molecule has 0 amide bonds. The van der Waals surface area contributed by atoms with E-state index in [4.69, 9.17) is 5.73 Å². The van der Waals surface area contributed by atoms with E-state index in [2.05, 4.69) is 15.9 Å². The molecule has 0 saturated carbocycles. The van der Waals surface area contributed by atoms with E-state index in [1.807, 2.05) is 30.0 Å². The minimum atomic E-state index is -3.10. The Bertz CT molecular complexity index is 605. The maximum atomic E-state index is 12.0. The molecule has 0 spiro atoms. The molecule has 0 aliphatic carbocycles. The first-order chi connectivity index (χ1) is 9.79. The molecule has 1 aromatic rings. The lowest BCUT2D eigenvalue weighted by molar-refractivity contribution is 0.584. The van der Waals surface area contributed by atoms with Crippen molar-refractivity contribution in [3.05, 3.63) is 28.2 Å². The van der Waals surface area contributed by atoms with Crippen LogP contribution in [0, 0.1) is 0 Å². The first kappa shape index (κ1) is 17.1. The summed E-state index contributed by atoms with van der Waals surface area (Å²) in [6, 6.07) is 6.13. The molecule has 0 aromatic heterocycles. The molecule has 1 saturated heterocycles. The minimum Gasteiger partial charge on any atom is -0.353 e. The van der Waals surface area contributed by atoms with Crippen LogP contribution in [-0.2, 0) is 16.3 Å². The summed E-state index contributed by atoms with van der Waals surface area (Å²) in [5.74, 6) is 1.57. The number of thioether (sulfide) groups is 1. The van der Waals surface area contributed by atoms with Crippen LogP contribution in [0.2, 0.25) is 0 Å². The smallest absolute Gasteiger partial charge is 0.169 e. The number of nitrogens with two attached hydrogens (primary N) is 1. The zero-order valence-electron chi connectivity index (χ0n) is 12.3. The van der Waals surface area contributed by atoms with Crippen LogP contribution in [0.5, 0.6) is 0 Å². The van der Waals surface area contributed by atoms with E-state index in [-0.39, 0.29) is 6.04 Å². The van der Waals surface area contributed by atoms with Crippen molar-refractivity contribution in [3.63, 3.8) is 0 Å². The second-order valence-corrected chi connectivity index (χ2v) is 9.72. The molecule has 0 radical (unpaired) electrons. The van der Waals surface area contributed by atoms with Gasteiger partial charge in [0.05, 0.1) is 0 Å². The molecule has 21 heavy (non-hydrogen) atoms. The Morgan fingerprint density at radius 3 is 2.81 bits per heavy atom. The molecule has 0 bridgehead atoms. The SMILES string of the molecule is CC(N)Cc1ccc(N2CCSCC2S(C)(=O)=O)cc1Br. The quantitative estimate of drug-likeness (QED) is 0.850. The van der Waals surface area contributed by atoms with Crippen molar-refractivity contribution in [2.45, 2.75) is 24.8 Å². The van der Waals surface area contributed by atoms with Crippen LogP contribution in [0.4, 0.5) is 5.69 Å². The summed E-state index contributed by atoms with van der Waals surface area (Å²) in [5, 5.41) is -0.442. The van der Waals surface area contributed by atoms with Crippen molar-refractivity contribution in [3.8, 4) is 0 Å². The van der Waals surface area contributed by atoms with E-state index in [0.29, 0.717) is 5.75 Å². The Morgan fingerprint density at radius 2 is 2.24 bits per heavy atom. The van der Waals surface area contributed by atoms with Crippen LogP contribution in [-0.4, -0.2) is 44.1 Å². The highest BCUT2D eigenvalue weighted by Gasteiger charge is 2.31. The van der Waals surface area contributed by atoms with Gasteiger partial charge in [-0.25, -0.2) is 8.42 Å². The summed E-state index contributed by atoms with van der Waals surface area (Å²) in [6.07, 6.45) is 2.11. The molecule has 7 heteroatoms. The summed E-state index contributed by atoms with van der Waals surface area (Å²) < 4.78 is 25.0. The number of halogens is 1. The predicted molar refractivity (Wildman–Crippen MR) is 94.8 cm³/mol. The largest absolute Gasteiger partial charge is 0.353 e. The molecule has 2 N–H and O–H groups in total. The third kappa shape index (κ3) is 4.37. The van der Waals surface area contributed by atoms with Crippen molar-refractivity contribution in [1.82, 2.24) is 0 Å². The zero-order chi connectivity index (χ0) is 15.6. The van der Waals surface area contributed by atoms with Crippen LogP contribution in [0.3, 0.4) is 0 Å². The first-order valence-corrected chi connectivity index (χ1v) is 10.8. The number of sulfone groups is 1. The van der Waals surface area contributed by atoms with Crippen molar-refractivity contribution in [2.24, 2.45) is 5.73 Å². The lowest BCUT2D eigenvalue weighted by Crippen LogP contribution is -2.47. The van der Waals surface area contributed by atoms with Gasteiger partial charge in [0.15, 0.2) is 9.84 Å². The van der Waals surface area contributed by atoms with Crippen LogP contribution < -0.4 is 10.6 Å². The molecule has 118 valence electrons. The lowest BCUT2D eigenvalue weighted by Gasteiger charge is -2.36. The van der Waals surface area contributed by atoms with Crippen LogP contribution in [0.25, 0.3) is 0 Å². The summed E-state index contributed by atoms with van der Waals surface area (Å²) in [6.45, 7) is 2.73.